The van der Waals surface area contributed by atoms with E-state index in [2.05, 4.69) is 25.0 Å². The number of nitrogens with zero attached hydrogens (tertiary/aromatic N) is 5. The van der Waals surface area contributed by atoms with Crippen molar-refractivity contribution in [3.63, 3.8) is 0 Å². The molecule has 1 aliphatic rings. The normalized spacial score (nSPS) is 17.9. The quantitative estimate of drug-likeness (QED) is 0.332. The summed E-state index contributed by atoms with van der Waals surface area (Å²) in [5.41, 5.74) is 1.14. The number of rotatable bonds is 5. The topological polar surface area (TPSA) is 114 Å². The lowest BCUT2D eigenvalue weighted by Crippen LogP contribution is -2.23. The van der Waals surface area contributed by atoms with Gasteiger partial charge in [-0.2, -0.15) is 27.1 Å². The summed E-state index contributed by atoms with van der Waals surface area (Å²) in [6.07, 6.45) is 0.304. The van der Waals surface area contributed by atoms with Gasteiger partial charge in [0.05, 0.1) is 22.3 Å². The molecule has 2 atom stereocenters. The average molecular weight is 531 g/mol. The zero-order chi connectivity index (χ0) is 27.0. The summed E-state index contributed by atoms with van der Waals surface area (Å²) >= 11 is 0. The molecule has 14 heteroatoms. The van der Waals surface area contributed by atoms with Gasteiger partial charge in [-0.05, 0) is 42.0 Å². The van der Waals surface area contributed by atoms with E-state index in [0.29, 0.717) is 34.8 Å². The van der Waals surface area contributed by atoms with Gasteiger partial charge in [0.15, 0.2) is 11.5 Å². The Morgan fingerprint density at radius 3 is 2.61 bits per heavy atom. The third-order valence-electron chi connectivity index (χ3n) is 6.60. The average Bonchev–Trinajstić information content (AvgIpc) is 3.32. The van der Waals surface area contributed by atoms with Crippen LogP contribution < -0.4 is 11.2 Å². The van der Waals surface area contributed by atoms with Crippen molar-refractivity contribution in [1.29, 1.82) is 0 Å². The lowest BCUT2D eigenvalue weighted by molar-refractivity contribution is -0.142. The van der Waals surface area contributed by atoms with Crippen molar-refractivity contribution in [2.75, 3.05) is 0 Å². The van der Waals surface area contributed by atoms with E-state index in [4.69, 9.17) is 0 Å². The Bertz CT molecular complexity index is 1830. The highest BCUT2D eigenvalue weighted by Gasteiger charge is 2.42. The minimum atomic E-state index is -4.72. The SMILES string of the molecule is CC(F)(F)c1nc2ccc([C@H]3C[C@@H]3c3cc(-c4c[nH]c(=O)[nH]c4=O)nn4ccnc34)cc2n1CC(F)(F)F. The number of nitrogens with one attached hydrogen (secondary N) is 2. The molecule has 1 aromatic carbocycles. The summed E-state index contributed by atoms with van der Waals surface area (Å²) in [6.45, 7) is -1.07. The van der Waals surface area contributed by atoms with Crippen molar-refractivity contribution < 1.29 is 22.0 Å². The van der Waals surface area contributed by atoms with Crippen LogP contribution in [-0.4, -0.2) is 40.3 Å². The molecular weight excluding hydrogens is 513 g/mol. The van der Waals surface area contributed by atoms with E-state index in [9.17, 15) is 31.5 Å². The van der Waals surface area contributed by atoms with Crippen molar-refractivity contribution >= 4 is 16.7 Å². The largest absolute Gasteiger partial charge is 0.406 e. The van der Waals surface area contributed by atoms with Crippen LogP contribution in [0.4, 0.5) is 22.0 Å². The van der Waals surface area contributed by atoms with Crippen molar-refractivity contribution in [2.24, 2.45) is 0 Å². The number of aromatic amines is 2. The van der Waals surface area contributed by atoms with Crippen LogP contribution in [0.25, 0.3) is 27.9 Å². The summed E-state index contributed by atoms with van der Waals surface area (Å²) in [4.78, 5) is 36.5. The molecule has 4 heterocycles. The predicted molar refractivity (Wildman–Crippen MR) is 125 cm³/mol. The van der Waals surface area contributed by atoms with Gasteiger partial charge in [0.25, 0.3) is 5.56 Å². The molecule has 1 aliphatic carbocycles. The molecule has 1 fully saturated rings. The second-order valence-corrected chi connectivity index (χ2v) is 9.39. The van der Waals surface area contributed by atoms with Crippen LogP contribution in [0.1, 0.15) is 42.1 Å². The van der Waals surface area contributed by atoms with E-state index in [-0.39, 0.29) is 28.4 Å². The van der Waals surface area contributed by atoms with Crippen LogP contribution in [0.2, 0.25) is 0 Å². The Hall–Kier alpha value is -4.36. The minimum Gasteiger partial charge on any atom is -0.314 e. The monoisotopic (exact) mass is 531 g/mol. The molecule has 0 unspecified atom stereocenters. The van der Waals surface area contributed by atoms with Gasteiger partial charge in [-0.15, -0.1) is 0 Å². The van der Waals surface area contributed by atoms with Crippen LogP contribution in [-0.2, 0) is 12.5 Å². The molecule has 4 aromatic heterocycles. The number of alkyl halides is 5. The van der Waals surface area contributed by atoms with Crippen LogP contribution in [0.5, 0.6) is 0 Å². The first-order valence-electron chi connectivity index (χ1n) is 11.5. The highest BCUT2D eigenvalue weighted by atomic mass is 19.4. The second kappa shape index (κ2) is 8.07. The highest BCUT2D eigenvalue weighted by Crippen LogP contribution is 2.56. The highest BCUT2D eigenvalue weighted by molar-refractivity contribution is 5.78. The predicted octanol–water partition coefficient (Wildman–Crippen LogP) is 4.07. The van der Waals surface area contributed by atoms with Crippen LogP contribution >= 0.6 is 0 Å². The number of H-pyrrole nitrogens is 2. The number of imidazole rings is 2. The number of aromatic nitrogens is 7. The maximum atomic E-state index is 14.1. The van der Waals surface area contributed by atoms with Crippen molar-refractivity contribution in [3.8, 4) is 11.3 Å². The van der Waals surface area contributed by atoms with E-state index in [1.807, 2.05) is 0 Å². The van der Waals surface area contributed by atoms with Crippen molar-refractivity contribution in [3.05, 3.63) is 80.6 Å². The van der Waals surface area contributed by atoms with Crippen molar-refractivity contribution in [1.82, 2.24) is 34.1 Å². The standard InChI is InChI=1S/C24H18F5N7O2/c1-23(25,26)21-32-16-3-2-11(6-18(16)35(21)10-24(27,28)29)12-7-13(12)14-8-17(34-36-5-4-30-19(14)36)15-9-31-22(38)33-20(15)37/h2-6,8-9,12-13H,7,10H2,1H3,(H2,31,33,37,38)/t12-,13+/m1/s1. The molecule has 0 bridgehead atoms. The van der Waals surface area contributed by atoms with Crippen molar-refractivity contribution in [2.45, 2.75) is 43.8 Å². The first-order chi connectivity index (χ1) is 17.9. The van der Waals surface area contributed by atoms with E-state index < -0.39 is 35.7 Å². The Morgan fingerprint density at radius 2 is 1.89 bits per heavy atom. The van der Waals surface area contributed by atoms with Gasteiger partial charge in [0.2, 0.25) is 0 Å². The smallest absolute Gasteiger partial charge is 0.314 e. The number of benzene rings is 1. The zero-order valence-corrected chi connectivity index (χ0v) is 19.6. The van der Waals surface area contributed by atoms with E-state index >= 15 is 0 Å². The summed E-state index contributed by atoms with van der Waals surface area (Å²) in [6, 6.07) is 6.29. The molecule has 2 N–H and O–H groups in total. The number of hydrogen-bond acceptors (Lipinski definition) is 5. The molecule has 38 heavy (non-hydrogen) atoms. The zero-order valence-electron chi connectivity index (χ0n) is 19.6. The number of halogens is 5. The molecule has 5 aromatic rings. The van der Waals surface area contributed by atoms with Gasteiger partial charge in [-0.1, -0.05) is 6.07 Å². The lowest BCUT2D eigenvalue weighted by Gasteiger charge is -2.15. The third-order valence-corrected chi connectivity index (χ3v) is 6.60. The maximum absolute atomic E-state index is 14.1. The summed E-state index contributed by atoms with van der Waals surface area (Å²) in [5.74, 6) is -4.76. The van der Waals surface area contributed by atoms with Crippen LogP contribution in [0, 0.1) is 0 Å². The van der Waals surface area contributed by atoms with Gasteiger partial charge < -0.3 is 9.55 Å². The number of hydrogen-bond donors (Lipinski definition) is 2. The van der Waals surface area contributed by atoms with E-state index in [1.54, 1.807) is 18.3 Å². The molecule has 0 radical (unpaired) electrons. The van der Waals surface area contributed by atoms with Gasteiger partial charge >= 0.3 is 17.8 Å². The van der Waals surface area contributed by atoms with Gasteiger partial charge in [0, 0.05) is 31.1 Å². The van der Waals surface area contributed by atoms with Gasteiger partial charge in [-0.25, -0.2) is 19.3 Å². The first kappa shape index (κ1) is 24.0. The van der Waals surface area contributed by atoms with Crippen LogP contribution in [0.15, 0.2) is 52.4 Å². The Morgan fingerprint density at radius 1 is 1.11 bits per heavy atom. The second-order valence-electron chi connectivity index (χ2n) is 9.39. The fourth-order valence-corrected chi connectivity index (χ4v) is 4.90. The molecule has 0 saturated heterocycles. The molecule has 0 spiro atoms. The Kier molecular flexibility index (Phi) is 5.10. The molecular formula is C24H18F5N7O2. The molecule has 196 valence electrons. The molecule has 9 nitrogen and oxygen atoms in total. The summed E-state index contributed by atoms with van der Waals surface area (Å²) in [5, 5.41) is 4.40. The molecule has 0 amide bonds. The summed E-state index contributed by atoms with van der Waals surface area (Å²) < 4.78 is 70.1. The first-order valence-corrected chi connectivity index (χ1v) is 11.5. The number of fused-ring (bicyclic) bond motifs is 2. The third kappa shape index (κ3) is 4.15. The van der Waals surface area contributed by atoms with Gasteiger partial charge in [0.1, 0.15) is 6.54 Å². The Balaban J connectivity index is 1.42. The molecule has 6 rings (SSSR count). The van der Waals surface area contributed by atoms with E-state index in [0.717, 1.165) is 5.56 Å². The lowest BCUT2D eigenvalue weighted by atomic mass is 10.0. The maximum Gasteiger partial charge on any atom is 0.406 e. The Labute approximate surface area is 209 Å². The van der Waals surface area contributed by atoms with Crippen LogP contribution in [0.3, 0.4) is 0 Å². The minimum absolute atomic E-state index is 0.0249. The van der Waals surface area contributed by atoms with E-state index in [1.165, 1.54) is 29.0 Å². The molecule has 0 aliphatic heterocycles. The fourth-order valence-electron chi connectivity index (χ4n) is 4.90. The summed E-state index contributed by atoms with van der Waals surface area (Å²) in [7, 11) is 0. The molecule has 1 saturated carbocycles. The fraction of sp³-hybridized carbons (Fsp3) is 0.292. The van der Waals surface area contributed by atoms with Gasteiger partial charge in [-0.3, -0.25) is 9.78 Å².